The van der Waals surface area contributed by atoms with E-state index in [0.717, 1.165) is 29.5 Å². The molecule has 0 aliphatic carbocycles. The molecule has 1 unspecified atom stereocenters. The molecule has 1 aliphatic rings. The van der Waals surface area contributed by atoms with Gasteiger partial charge < -0.3 is 14.1 Å². The number of ether oxygens (including phenoxy) is 1. The molecule has 0 aromatic carbocycles. The monoisotopic (exact) mass is 528 g/mol. The van der Waals surface area contributed by atoms with Crippen molar-refractivity contribution in [2.75, 3.05) is 26.0 Å². The van der Waals surface area contributed by atoms with Gasteiger partial charge in [0.1, 0.15) is 5.75 Å². The molecule has 1 N–H and O–H groups in total. The van der Waals surface area contributed by atoms with Crippen molar-refractivity contribution in [3.8, 4) is 5.75 Å². The fourth-order valence-electron chi connectivity index (χ4n) is 5.71. The Bertz CT molecular complexity index is 1470. The van der Waals surface area contributed by atoms with Crippen LogP contribution in [-0.4, -0.2) is 58.8 Å². The van der Waals surface area contributed by atoms with E-state index in [2.05, 4.69) is 16.9 Å². The number of hydrogen-bond acceptors (Lipinski definition) is 6. The van der Waals surface area contributed by atoms with E-state index >= 15 is 0 Å². The lowest BCUT2D eigenvalue weighted by Gasteiger charge is -2.34. The normalized spacial score (nSPS) is 16.2. The van der Waals surface area contributed by atoms with Gasteiger partial charge in [-0.25, -0.2) is 12.7 Å². The van der Waals surface area contributed by atoms with E-state index in [1.807, 2.05) is 17.5 Å². The average molecular weight is 529 g/mol. The zero-order chi connectivity index (χ0) is 26.9. The SMILES string of the molecule is CCS(=O)(=O)N1CCC(C(C)c2c(C)c(C(=O)CCc3c(OC)cc(C)[nH]c3=O)n3ccncc23)CC1. The van der Waals surface area contributed by atoms with Gasteiger partial charge >= 0.3 is 0 Å². The number of carbonyl (C=O) groups excluding carboxylic acids is 1. The molecule has 3 aromatic rings. The van der Waals surface area contributed by atoms with Gasteiger partial charge in [-0.1, -0.05) is 6.92 Å². The van der Waals surface area contributed by atoms with Crippen LogP contribution >= 0.6 is 0 Å². The first-order chi connectivity index (χ1) is 17.6. The van der Waals surface area contributed by atoms with Crippen molar-refractivity contribution in [1.29, 1.82) is 0 Å². The van der Waals surface area contributed by atoms with E-state index in [4.69, 9.17) is 4.74 Å². The minimum Gasteiger partial charge on any atom is -0.496 e. The highest BCUT2D eigenvalue weighted by Gasteiger charge is 2.33. The number of hydrogen-bond donors (Lipinski definition) is 1. The van der Waals surface area contributed by atoms with Crippen molar-refractivity contribution in [1.82, 2.24) is 18.7 Å². The maximum Gasteiger partial charge on any atom is 0.255 e. The third-order valence-corrected chi connectivity index (χ3v) is 9.65. The van der Waals surface area contributed by atoms with Crippen LogP contribution in [0.15, 0.2) is 29.5 Å². The summed E-state index contributed by atoms with van der Waals surface area (Å²) >= 11 is 0. The predicted octanol–water partition coefficient (Wildman–Crippen LogP) is 3.63. The summed E-state index contributed by atoms with van der Waals surface area (Å²) < 4.78 is 33.5. The number of aromatic nitrogens is 3. The Balaban J connectivity index is 1.61. The Morgan fingerprint density at radius 3 is 2.62 bits per heavy atom. The van der Waals surface area contributed by atoms with Crippen LogP contribution in [0, 0.1) is 19.8 Å². The van der Waals surface area contributed by atoms with Gasteiger partial charge in [0.05, 0.1) is 35.8 Å². The van der Waals surface area contributed by atoms with E-state index in [1.165, 1.54) is 7.11 Å². The molecule has 9 nitrogen and oxygen atoms in total. The zero-order valence-corrected chi connectivity index (χ0v) is 23.0. The van der Waals surface area contributed by atoms with E-state index in [9.17, 15) is 18.0 Å². The van der Waals surface area contributed by atoms with Crippen LogP contribution in [0.5, 0.6) is 5.75 Å². The second kappa shape index (κ2) is 10.8. The molecular formula is C27H36N4O5S. The van der Waals surface area contributed by atoms with Crippen molar-refractivity contribution in [3.05, 3.63) is 63.1 Å². The Morgan fingerprint density at radius 2 is 1.97 bits per heavy atom. The Hall–Kier alpha value is -2.98. The summed E-state index contributed by atoms with van der Waals surface area (Å²) in [4.78, 5) is 33.2. The number of aromatic amines is 1. The molecule has 37 heavy (non-hydrogen) atoms. The standard InChI is InChI=1S/C27H36N4O5S/c1-6-37(34,35)30-12-9-20(10-13-30)18(3)25-19(4)26(31-14-11-28-16-22(25)31)23(32)8-7-21-24(36-5)15-17(2)29-27(21)33/h11,14-16,18,20H,6-10,12-13H2,1-5H3,(H,29,33). The molecule has 4 rings (SSSR count). The first-order valence-electron chi connectivity index (χ1n) is 12.8. The zero-order valence-electron chi connectivity index (χ0n) is 22.2. The molecule has 0 radical (unpaired) electrons. The summed E-state index contributed by atoms with van der Waals surface area (Å²) in [6.07, 6.45) is 7.25. The van der Waals surface area contributed by atoms with Gasteiger partial charge in [0.25, 0.3) is 5.56 Å². The van der Waals surface area contributed by atoms with Crippen LogP contribution in [-0.2, 0) is 16.4 Å². The quantitative estimate of drug-likeness (QED) is 0.424. The molecule has 1 aliphatic heterocycles. The summed E-state index contributed by atoms with van der Waals surface area (Å²) in [5, 5.41) is 0. The fraction of sp³-hybridized carbons (Fsp3) is 0.519. The molecule has 1 fully saturated rings. The van der Waals surface area contributed by atoms with E-state index in [0.29, 0.717) is 41.7 Å². The summed E-state index contributed by atoms with van der Waals surface area (Å²) in [6.45, 7) is 8.65. The van der Waals surface area contributed by atoms with Crippen LogP contribution in [0.25, 0.3) is 5.52 Å². The van der Waals surface area contributed by atoms with Crippen molar-refractivity contribution in [2.45, 2.75) is 59.3 Å². The van der Waals surface area contributed by atoms with E-state index < -0.39 is 10.0 Å². The number of methoxy groups -OCH3 is 1. The maximum absolute atomic E-state index is 13.6. The molecule has 0 bridgehead atoms. The molecule has 4 heterocycles. The van der Waals surface area contributed by atoms with Gasteiger partial charge in [0.2, 0.25) is 10.0 Å². The number of H-pyrrole nitrogens is 1. The topological polar surface area (TPSA) is 114 Å². The molecule has 10 heteroatoms. The minimum atomic E-state index is -3.18. The number of piperidine rings is 1. The largest absolute Gasteiger partial charge is 0.496 e. The lowest BCUT2D eigenvalue weighted by Crippen LogP contribution is -2.40. The molecule has 1 saturated heterocycles. The van der Waals surface area contributed by atoms with Crippen molar-refractivity contribution >= 4 is 21.3 Å². The molecule has 0 amide bonds. The molecule has 3 aromatic heterocycles. The Kier molecular flexibility index (Phi) is 7.89. The van der Waals surface area contributed by atoms with E-state index in [1.54, 1.807) is 36.6 Å². The third-order valence-electron chi connectivity index (χ3n) is 7.77. The van der Waals surface area contributed by atoms with Crippen molar-refractivity contribution < 1.29 is 17.9 Å². The first-order valence-corrected chi connectivity index (χ1v) is 14.4. The molecular weight excluding hydrogens is 492 g/mol. The van der Waals surface area contributed by atoms with Gasteiger partial charge in [-0.2, -0.15) is 0 Å². The second-order valence-electron chi connectivity index (χ2n) is 9.90. The molecule has 200 valence electrons. The Labute approximate surface area is 217 Å². The highest BCUT2D eigenvalue weighted by molar-refractivity contribution is 7.89. The molecule has 0 spiro atoms. The summed E-state index contributed by atoms with van der Waals surface area (Å²) in [5.74, 6) is 0.983. The number of pyridine rings is 1. The van der Waals surface area contributed by atoms with Gasteiger partial charge in [-0.3, -0.25) is 14.6 Å². The average Bonchev–Trinajstić information content (AvgIpc) is 3.18. The number of sulfonamides is 1. The second-order valence-corrected chi connectivity index (χ2v) is 12.2. The van der Waals surface area contributed by atoms with Crippen LogP contribution in [0.2, 0.25) is 0 Å². The number of nitrogens with one attached hydrogen (secondary N) is 1. The number of aryl methyl sites for hydroxylation is 1. The van der Waals surface area contributed by atoms with Gasteiger partial charge in [-0.05, 0) is 69.1 Å². The lowest BCUT2D eigenvalue weighted by molar-refractivity contribution is 0.0976. The van der Waals surface area contributed by atoms with Gasteiger partial charge in [-0.15, -0.1) is 0 Å². The Morgan fingerprint density at radius 1 is 1.27 bits per heavy atom. The third kappa shape index (κ3) is 5.22. The maximum atomic E-state index is 13.6. The van der Waals surface area contributed by atoms with Crippen molar-refractivity contribution in [3.63, 3.8) is 0 Å². The van der Waals surface area contributed by atoms with Crippen LogP contribution in [0.4, 0.5) is 0 Å². The summed E-state index contributed by atoms with van der Waals surface area (Å²) in [5.41, 5.74) is 4.42. The highest BCUT2D eigenvalue weighted by atomic mass is 32.2. The molecule has 0 saturated carbocycles. The highest BCUT2D eigenvalue weighted by Crippen LogP contribution is 2.39. The van der Waals surface area contributed by atoms with Gasteiger partial charge in [0.15, 0.2) is 5.78 Å². The molecule has 1 atom stereocenters. The summed E-state index contributed by atoms with van der Waals surface area (Å²) in [6, 6.07) is 1.77. The smallest absolute Gasteiger partial charge is 0.255 e. The number of carbonyl (C=O) groups is 1. The van der Waals surface area contributed by atoms with Crippen molar-refractivity contribution in [2.24, 2.45) is 5.92 Å². The number of ketones is 1. The lowest BCUT2D eigenvalue weighted by atomic mass is 9.80. The number of nitrogens with zero attached hydrogens (tertiary/aromatic N) is 3. The van der Waals surface area contributed by atoms with Crippen LogP contribution in [0.3, 0.4) is 0 Å². The number of fused-ring (bicyclic) bond motifs is 1. The van der Waals surface area contributed by atoms with E-state index in [-0.39, 0.29) is 35.9 Å². The number of Topliss-reactive ketones (excluding diaryl/α,β-unsaturated/α-hetero) is 1. The van der Waals surface area contributed by atoms with Gasteiger partial charge in [0, 0.05) is 37.6 Å². The fourth-order valence-corrected chi connectivity index (χ4v) is 6.84. The summed E-state index contributed by atoms with van der Waals surface area (Å²) in [7, 11) is -1.66. The minimum absolute atomic E-state index is 0.0527. The first kappa shape index (κ1) is 27.1. The number of rotatable bonds is 9. The predicted molar refractivity (Wildman–Crippen MR) is 143 cm³/mol. The van der Waals surface area contributed by atoms with Crippen LogP contribution in [0.1, 0.15) is 71.9 Å². The van der Waals surface area contributed by atoms with Crippen LogP contribution < -0.4 is 10.3 Å².